The third-order valence-corrected chi connectivity index (χ3v) is 5.24. The molecule has 2 aromatic carbocycles. The maximum atomic E-state index is 13.4. The maximum Gasteiger partial charge on any atom is 0.247 e. The molecule has 2 amide bonds. The van der Waals surface area contributed by atoms with Crippen LogP contribution in [-0.4, -0.2) is 30.3 Å². The predicted molar refractivity (Wildman–Crippen MR) is 92.6 cm³/mol. The van der Waals surface area contributed by atoms with E-state index >= 15 is 0 Å². The summed E-state index contributed by atoms with van der Waals surface area (Å²) in [4.78, 5) is 29.9. The van der Waals surface area contributed by atoms with Gasteiger partial charge >= 0.3 is 0 Å². The van der Waals surface area contributed by atoms with Crippen LogP contribution < -0.4 is 4.90 Å². The van der Waals surface area contributed by atoms with Gasteiger partial charge in [0.25, 0.3) is 0 Å². The average Bonchev–Trinajstić information content (AvgIpc) is 2.83. The molecule has 4 rings (SSSR count). The van der Waals surface area contributed by atoms with Gasteiger partial charge in [0.1, 0.15) is 0 Å². The number of para-hydroxylation sites is 1. The summed E-state index contributed by atoms with van der Waals surface area (Å²) < 4.78 is 0. The highest BCUT2D eigenvalue weighted by Crippen LogP contribution is 2.47. The minimum Gasteiger partial charge on any atom is -0.337 e. The fourth-order valence-corrected chi connectivity index (χ4v) is 4.05. The molecule has 2 aromatic rings. The van der Waals surface area contributed by atoms with Crippen LogP contribution in [0.3, 0.4) is 0 Å². The number of piperidine rings is 1. The number of rotatable bonds is 2. The second kappa shape index (κ2) is 5.48. The molecule has 2 aliphatic rings. The second-order valence-corrected chi connectivity index (χ2v) is 6.60. The molecule has 1 fully saturated rings. The van der Waals surface area contributed by atoms with E-state index in [0.717, 1.165) is 23.2 Å². The summed E-state index contributed by atoms with van der Waals surface area (Å²) in [5.74, 6) is -0.147. The number of likely N-dealkylation sites (N-methyl/N-ethyl adjacent to an activating group) is 1. The van der Waals surface area contributed by atoms with Crippen LogP contribution in [0.25, 0.3) is 0 Å². The maximum absolute atomic E-state index is 13.4. The van der Waals surface area contributed by atoms with Crippen LogP contribution in [0.2, 0.25) is 0 Å². The molecule has 0 aliphatic carbocycles. The molecule has 1 saturated heterocycles. The van der Waals surface area contributed by atoms with Gasteiger partial charge in [0.15, 0.2) is 5.41 Å². The number of benzene rings is 2. The van der Waals surface area contributed by atoms with Crippen molar-refractivity contribution < 1.29 is 9.59 Å². The minimum absolute atomic E-state index is 0.0561. The standard InChI is InChI=1S/C20H20N2O2/c1-21-17-11-6-5-10-16(17)20(18(21)23)12-7-13-22(19(20)24)14-15-8-3-2-4-9-15/h2-6,8-11H,7,12-14H2,1H3. The lowest BCUT2D eigenvalue weighted by Crippen LogP contribution is -2.55. The summed E-state index contributed by atoms with van der Waals surface area (Å²) in [6, 6.07) is 17.6. The first-order chi connectivity index (χ1) is 11.6. The number of anilines is 1. The molecule has 2 aliphatic heterocycles. The second-order valence-electron chi connectivity index (χ2n) is 6.60. The number of likely N-dealkylation sites (tertiary alicyclic amines) is 1. The molecule has 0 saturated carbocycles. The zero-order chi connectivity index (χ0) is 16.7. The van der Waals surface area contributed by atoms with Crippen molar-refractivity contribution in [3.63, 3.8) is 0 Å². The number of nitrogens with zero attached hydrogens (tertiary/aromatic N) is 2. The highest BCUT2D eigenvalue weighted by molar-refractivity contribution is 6.21. The number of hydrogen-bond acceptors (Lipinski definition) is 2. The Morgan fingerprint density at radius 1 is 0.958 bits per heavy atom. The van der Waals surface area contributed by atoms with Crippen LogP contribution in [0.5, 0.6) is 0 Å². The summed E-state index contributed by atoms with van der Waals surface area (Å²) in [5.41, 5.74) is 1.78. The van der Waals surface area contributed by atoms with E-state index in [-0.39, 0.29) is 11.8 Å². The molecule has 0 radical (unpaired) electrons. The quantitative estimate of drug-likeness (QED) is 0.798. The molecular formula is C20H20N2O2. The van der Waals surface area contributed by atoms with Gasteiger partial charge in [-0.1, -0.05) is 48.5 Å². The number of fused-ring (bicyclic) bond motifs is 2. The highest BCUT2D eigenvalue weighted by atomic mass is 16.2. The van der Waals surface area contributed by atoms with Crippen molar-refractivity contribution in [2.75, 3.05) is 18.5 Å². The predicted octanol–water partition coefficient (Wildman–Crippen LogP) is 2.72. The van der Waals surface area contributed by atoms with E-state index in [2.05, 4.69) is 0 Å². The number of hydrogen-bond donors (Lipinski definition) is 0. The van der Waals surface area contributed by atoms with Crippen molar-refractivity contribution in [2.45, 2.75) is 24.8 Å². The molecule has 122 valence electrons. The Balaban J connectivity index is 1.73. The van der Waals surface area contributed by atoms with Gasteiger partial charge in [-0.3, -0.25) is 9.59 Å². The molecule has 4 nitrogen and oxygen atoms in total. The van der Waals surface area contributed by atoms with Gasteiger partial charge in [0.2, 0.25) is 11.8 Å². The molecule has 1 atom stereocenters. The first kappa shape index (κ1) is 14.9. The van der Waals surface area contributed by atoms with Crippen molar-refractivity contribution in [1.82, 2.24) is 4.90 Å². The fourth-order valence-electron chi connectivity index (χ4n) is 4.05. The van der Waals surface area contributed by atoms with Crippen LogP contribution in [0.4, 0.5) is 5.69 Å². The van der Waals surface area contributed by atoms with Crippen LogP contribution in [0.1, 0.15) is 24.0 Å². The lowest BCUT2D eigenvalue weighted by molar-refractivity contribution is -0.146. The Kier molecular flexibility index (Phi) is 3.41. The van der Waals surface area contributed by atoms with E-state index in [9.17, 15) is 9.59 Å². The van der Waals surface area contributed by atoms with Crippen molar-refractivity contribution in [3.05, 3.63) is 65.7 Å². The monoisotopic (exact) mass is 320 g/mol. The van der Waals surface area contributed by atoms with Gasteiger partial charge in [-0.2, -0.15) is 0 Å². The zero-order valence-electron chi connectivity index (χ0n) is 13.7. The van der Waals surface area contributed by atoms with Crippen molar-refractivity contribution in [2.24, 2.45) is 0 Å². The Hall–Kier alpha value is -2.62. The Labute approximate surface area is 141 Å². The van der Waals surface area contributed by atoms with E-state index in [0.29, 0.717) is 19.5 Å². The molecule has 0 aromatic heterocycles. The third kappa shape index (κ3) is 1.99. The molecule has 0 bridgehead atoms. The largest absolute Gasteiger partial charge is 0.337 e. The summed E-state index contributed by atoms with van der Waals surface area (Å²) >= 11 is 0. The van der Waals surface area contributed by atoms with Gasteiger partial charge in [0, 0.05) is 31.4 Å². The van der Waals surface area contributed by atoms with Crippen LogP contribution >= 0.6 is 0 Å². The summed E-state index contributed by atoms with van der Waals surface area (Å²) in [7, 11) is 1.76. The third-order valence-electron chi connectivity index (χ3n) is 5.24. The molecular weight excluding hydrogens is 300 g/mol. The van der Waals surface area contributed by atoms with Crippen molar-refractivity contribution in [1.29, 1.82) is 0 Å². The number of carbonyl (C=O) groups excluding carboxylic acids is 2. The molecule has 4 heteroatoms. The average molecular weight is 320 g/mol. The molecule has 24 heavy (non-hydrogen) atoms. The van der Waals surface area contributed by atoms with Gasteiger partial charge in [0.05, 0.1) is 0 Å². The highest BCUT2D eigenvalue weighted by Gasteiger charge is 2.57. The lowest BCUT2D eigenvalue weighted by atomic mass is 9.74. The van der Waals surface area contributed by atoms with Crippen molar-refractivity contribution in [3.8, 4) is 0 Å². The Morgan fingerprint density at radius 2 is 1.67 bits per heavy atom. The molecule has 0 N–H and O–H groups in total. The molecule has 1 spiro atoms. The van der Waals surface area contributed by atoms with Gasteiger partial charge in [-0.25, -0.2) is 0 Å². The van der Waals surface area contributed by atoms with Crippen LogP contribution in [0, 0.1) is 0 Å². The first-order valence-electron chi connectivity index (χ1n) is 8.35. The smallest absolute Gasteiger partial charge is 0.247 e. The van der Waals surface area contributed by atoms with Gasteiger partial charge in [-0.05, 0) is 24.5 Å². The summed E-state index contributed by atoms with van der Waals surface area (Å²) in [6.07, 6.45) is 1.43. The Bertz CT molecular complexity index is 802. The zero-order valence-corrected chi connectivity index (χ0v) is 13.7. The number of carbonyl (C=O) groups is 2. The van der Waals surface area contributed by atoms with E-state index in [1.165, 1.54) is 0 Å². The first-order valence-corrected chi connectivity index (χ1v) is 8.35. The normalized spacial score (nSPS) is 23.0. The van der Waals surface area contributed by atoms with E-state index in [1.54, 1.807) is 11.9 Å². The van der Waals surface area contributed by atoms with E-state index in [1.807, 2.05) is 59.5 Å². The summed E-state index contributed by atoms with van der Waals surface area (Å²) in [6.45, 7) is 1.26. The summed E-state index contributed by atoms with van der Waals surface area (Å²) in [5, 5.41) is 0. The Morgan fingerprint density at radius 3 is 2.46 bits per heavy atom. The number of amides is 2. The minimum atomic E-state index is -1.03. The van der Waals surface area contributed by atoms with Crippen molar-refractivity contribution >= 4 is 17.5 Å². The van der Waals surface area contributed by atoms with Gasteiger partial charge in [-0.15, -0.1) is 0 Å². The van der Waals surface area contributed by atoms with Crippen LogP contribution in [0.15, 0.2) is 54.6 Å². The SMILES string of the molecule is CN1C(=O)C2(CCCN(Cc3ccccc3)C2=O)c2ccccc21. The van der Waals surface area contributed by atoms with Crippen LogP contribution in [-0.2, 0) is 21.5 Å². The van der Waals surface area contributed by atoms with Gasteiger partial charge < -0.3 is 9.80 Å². The molecule has 1 unspecified atom stereocenters. The molecule has 2 heterocycles. The lowest BCUT2D eigenvalue weighted by Gasteiger charge is -2.38. The topological polar surface area (TPSA) is 40.6 Å². The fraction of sp³-hybridized carbons (Fsp3) is 0.300. The van der Waals surface area contributed by atoms with E-state index < -0.39 is 5.41 Å². The van der Waals surface area contributed by atoms with E-state index in [4.69, 9.17) is 0 Å².